The van der Waals surface area contributed by atoms with Crippen molar-refractivity contribution in [2.75, 3.05) is 0 Å². The molecule has 1 aliphatic carbocycles. The van der Waals surface area contributed by atoms with Crippen LogP contribution in [0.15, 0.2) is 18.2 Å². The zero-order chi connectivity index (χ0) is 12.4. The number of hydrogen-bond acceptors (Lipinski definition) is 3. The van der Waals surface area contributed by atoms with Gasteiger partial charge in [-0.15, -0.1) is 0 Å². The van der Waals surface area contributed by atoms with Gasteiger partial charge >= 0.3 is 5.97 Å². The van der Waals surface area contributed by atoms with Crippen molar-refractivity contribution in [2.24, 2.45) is 0 Å². The Labute approximate surface area is 100 Å². The first-order valence-electron chi connectivity index (χ1n) is 5.77. The largest absolute Gasteiger partial charge is 0.491 e. The maximum atomic E-state index is 11.1. The number of ether oxygens (including phenoxy) is 2. The lowest BCUT2D eigenvalue weighted by Crippen LogP contribution is -2.08. The average molecular weight is 236 g/mol. The van der Waals surface area contributed by atoms with E-state index in [0.717, 1.165) is 12.8 Å². The van der Waals surface area contributed by atoms with Crippen molar-refractivity contribution in [3.05, 3.63) is 23.8 Å². The fourth-order valence-electron chi connectivity index (χ4n) is 1.49. The molecule has 4 nitrogen and oxygen atoms in total. The molecule has 1 aromatic rings. The van der Waals surface area contributed by atoms with Gasteiger partial charge in [-0.1, -0.05) is 0 Å². The maximum absolute atomic E-state index is 11.1. The van der Waals surface area contributed by atoms with Gasteiger partial charge in [0.15, 0.2) is 0 Å². The fraction of sp³-hybridized carbons (Fsp3) is 0.462. The molecule has 0 bridgehead atoms. The van der Waals surface area contributed by atoms with E-state index < -0.39 is 5.97 Å². The van der Waals surface area contributed by atoms with Gasteiger partial charge in [0, 0.05) is 0 Å². The van der Waals surface area contributed by atoms with Crippen LogP contribution < -0.4 is 9.47 Å². The lowest BCUT2D eigenvalue weighted by Gasteiger charge is -2.13. The lowest BCUT2D eigenvalue weighted by molar-refractivity contribution is 0.0691. The topological polar surface area (TPSA) is 55.8 Å². The van der Waals surface area contributed by atoms with Crippen molar-refractivity contribution < 1.29 is 19.4 Å². The van der Waals surface area contributed by atoms with Crippen LogP contribution in [-0.2, 0) is 0 Å². The van der Waals surface area contributed by atoms with Crippen molar-refractivity contribution in [2.45, 2.75) is 38.9 Å². The molecule has 0 atom stereocenters. The zero-order valence-electron chi connectivity index (χ0n) is 9.97. The second-order valence-electron chi connectivity index (χ2n) is 4.45. The first kappa shape index (κ1) is 11.8. The van der Waals surface area contributed by atoms with E-state index in [0.29, 0.717) is 11.5 Å². The normalized spacial score (nSPS) is 14.8. The molecule has 0 aliphatic heterocycles. The Kier molecular flexibility index (Phi) is 3.22. The molecule has 1 saturated carbocycles. The molecule has 0 spiro atoms. The standard InChI is InChI=1S/C13H16O4/c1-8(2)16-10-5-6-12(17-9-3-4-9)11(7-10)13(14)15/h5-9H,3-4H2,1-2H3,(H,14,15). The number of aromatic carboxylic acids is 1. The van der Waals surface area contributed by atoms with E-state index >= 15 is 0 Å². The maximum Gasteiger partial charge on any atom is 0.339 e. The first-order valence-corrected chi connectivity index (χ1v) is 5.77. The summed E-state index contributed by atoms with van der Waals surface area (Å²) in [6.45, 7) is 3.80. The minimum Gasteiger partial charge on any atom is -0.491 e. The summed E-state index contributed by atoms with van der Waals surface area (Å²) in [5.74, 6) is -0.00786. The van der Waals surface area contributed by atoms with Gasteiger partial charge < -0.3 is 14.6 Å². The van der Waals surface area contributed by atoms with E-state index in [1.54, 1.807) is 12.1 Å². The summed E-state index contributed by atoms with van der Waals surface area (Å²) in [7, 11) is 0. The molecule has 0 heterocycles. The van der Waals surface area contributed by atoms with E-state index in [-0.39, 0.29) is 17.8 Å². The van der Waals surface area contributed by atoms with Gasteiger partial charge in [-0.25, -0.2) is 4.79 Å². The Morgan fingerprint density at radius 1 is 1.41 bits per heavy atom. The minimum absolute atomic E-state index is 0.0202. The Morgan fingerprint density at radius 2 is 2.12 bits per heavy atom. The van der Waals surface area contributed by atoms with Gasteiger partial charge in [-0.05, 0) is 44.9 Å². The second kappa shape index (κ2) is 4.65. The molecule has 17 heavy (non-hydrogen) atoms. The fourth-order valence-corrected chi connectivity index (χ4v) is 1.49. The van der Waals surface area contributed by atoms with Gasteiger partial charge in [-0.2, -0.15) is 0 Å². The predicted octanol–water partition coefficient (Wildman–Crippen LogP) is 2.71. The van der Waals surface area contributed by atoms with Crippen LogP contribution in [0, 0.1) is 0 Å². The van der Waals surface area contributed by atoms with E-state index in [2.05, 4.69) is 0 Å². The van der Waals surface area contributed by atoms with E-state index in [9.17, 15) is 4.79 Å². The summed E-state index contributed by atoms with van der Waals surface area (Å²) in [5, 5.41) is 9.12. The highest BCUT2D eigenvalue weighted by Crippen LogP contribution is 2.31. The summed E-state index contributed by atoms with van der Waals surface area (Å²) in [5.41, 5.74) is 0.162. The number of benzene rings is 1. The number of carboxylic acid groups (broad SMARTS) is 1. The van der Waals surface area contributed by atoms with Crippen LogP contribution in [0.2, 0.25) is 0 Å². The van der Waals surface area contributed by atoms with Crippen molar-refractivity contribution >= 4 is 5.97 Å². The minimum atomic E-state index is -0.991. The molecule has 92 valence electrons. The Hall–Kier alpha value is -1.71. The number of carboxylic acids is 1. The second-order valence-corrected chi connectivity index (χ2v) is 4.45. The van der Waals surface area contributed by atoms with Crippen molar-refractivity contribution in [3.63, 3.8) is 0 Å². The van der Waals surface area contributed by atoms with E-state index in [4.69, 9.17) is 14.6 Å². The van der Waals surface area contributed by atoms with Crippen LogP contribution in [-0.4, -0.2) is 23.3 Å². The average Bonchev–Trinajstić information content (AvgIpc) is 3.03. The SMILES string of the molecule is CC(C)Oc1ccc(OC2CC2)c(C(=O)O)c1. The molecule has 4 heteroatoms. The molecule has 0 amide bonds. The Bertz CT molecular complexity index is 421. The number of carbonyl (C=O) groups is 1. The molecule has 1 N–H and O–H groups in total. The molecule has 0 aromatic heterocycles. The van der Waals surface area contributed by atoms with E-state index in [1.165, 1.54) is 6.07 Å². The molecule has 0 radical (unpaired) electrons. The van der Waals surface area contributed by atoms with Crippen LogP contribution >= 0.6 is 0 Å². The van der Waals surface area contributed by atoms with Crippen LogP contribution in [0.5, 0.6) is 11.5 Å². The highest BCUT2D eigenvalue weighted by Gasteiger charge is 2.26. The molecule has 2 rings (SSSR count). The van der Waals surface area contributed by atoms with Crippen molar-refractivity contribution in [1.82, 2.24) is 0 Å². The summed E-state index contributed by atoms with van der Waals surface area (Å²) < 4.78 is 11.0. The van der Waals surface area contributed by atoms with Crippen LogP contribution in [0.4, 0.5) is 0 Å². The molecule has 1 fully saturated rings. The summed E-state index contributed by atoms with van der Waals surface area (Å²) in [6.07, 6.45) is 2.21. The zero-order valence-corrected chi connectivity index (χ0v) is 9.97. The lowest BCUT2D eigenvalue weighted by atomic mass is 10.2. The van der Waals surface area contributed by atoms with E-state index in [1.807, 2.05) is 13.8 Å². The third kappa shape index (κ3) is 3.12. The third-order valence-electron chi connectivity index (χ3n) is 2.37. The molecular formula is C13H16O4. The highest BCUT2D eigenvalue weighted by atomic mass is 16.5. The molecular weight excluding hydrogens is 220 g/mol. The van der Waals surface area contributed by atoms with Crippen LogP contribution in [0.1, 0.15) is 37.0 Å². The summed E-state index contributed by atoms with van der Waals surface area (Å²) in [6, 6.07) is 4.92. The quantitative estimate of drug-likeness (QED) is 0.854. The molecule has 1 aromatic carbocycles. The highest BCUT2D eigenvalue weighted by molar-refractivity contribution is 5.91. The summed E-state index contributed by atoms with van der Waals surface area (Å²) in [4.78, 5) is 11.1. The van der Waals surface area contributed by atoms with Crippen LogP contribution in [0.25, 0.3) is 0 Å². The Balaban J connectivity index is 2.23. The van der Waals surface area contributed by atoms with Gasteiger partial charge in [0.05, 0.1) is 12.2 Å². The molecule has 0 unspecified atom stereocenters. The molecule has 1 aliphatic rings. The van der Waals surface area contributed by atoms with Crippen LogP contribution in [0.3, 0.4) is 0 Å². The monoisotopic (exact) mass is 236 g/mol. The first-order chi connectivity index (χ1) is 8.06. The Morgan fingerprint density at radius 3 is 2.65 bits per heavy atom. The summed E-state index contributed by atoms with van der Waals surface area (Å²) >= 11 is 0. The number of rotatable bonds is 5. The molecule has 0 saturated heterocycles. The third-order valence-corrected chi connectivity index (χ3v) is 2.37. The van der Waals surface area contributed by atoms with Gasteiger partial charge in [0.1, 0.15) is 17.1 Å². The number of hydrogen-bond donors (Lipinski definition) is 1. The van der Waals surface area contributed by atoms with Gasteiger partial charge in [0.2, 0.25) is 0 Å². The predicted molar refractivity (Wildman–Crippen MR) is 62.8 cm³/mol. The van der Waals surface area contributed by atoms with Gasteiger partial charge in [-0.3, -0.25) is 0 Å². The van der Waals surface area contributed by atoms with Crippen molar-refractivity contribution in [3.8, 4) is 11.5 Å². The van der Waals surface area contributed by atoms with Crippen molar-refractivity contribution in [1.29, 1.82) is 0 Å². The van der Waals surface area contributed by atoms with Gasteiger partial charge in [0.25, 0.3) is 0 Å². The smallest absolute Gasteiger partial charge is 0.339 e.